The Morgan fingerprint density at radius 2 is 1.71 bits per heavy atom. The van der Waals surface area contributed by atoms with E-state index >= 15 is 0 Å². The van der Waals surface area contributed by atoms with Gasteiger partial charge < -0.3 is 10.6 Å². The lowest BCUT2D eigenvalue weighted by atomic mass is 10.1. The van der Waals surface area contributed by atoms with Crippen LogP contribution in [0.5, 0.6) is 0 Å². The van der Waals surface area contributed by atoms with E-state index in [1.54, 1.807) is 31.2 Å². The first-order valence-corrected chi connectivity index (χ1v) is 10.1. The van der Waals surface area contributed by atoms with Crippen molar-refractivity contribution in [1.29, 1.82) is 0 Å². The highest BCUT2D eigenvalue weighted by molar-refractivity contribution is 7.92. The number of alkyl halides is 3. The predicted octanol–water partition coefficient (Wildman–Crippen LogP) is 3.37. The van der Waals surface area contributed by atoms with Gasteiger partial charge >= 0.3 is 6.18 Å². The van der Waals surface area contributed by atoms with E-state index in [4.69, 9.17) is 0 Å². The Morgan fingerprint density at radius 3 is 2.36 bits per heavy atom. The Labute approximate surface area is 161 Å². The van der Waals surface area contributed by atoms with Gasteiger partial charge in [0.25, 0.3) is 0 Å². The van der Waals surface area contributed by atoms with Gasteiger partial charge in [-0.3, -0.25) is 9.52 Å². The third-order valence-corrected chi connectivity index (χ3v) is 4.32. The van der Waals surface area contributed by atoms with E-state index in [1.165, 1.54) is 12.1 Å². The number of benzene rings is 2. The lowest BCUT2D eigenvalue weighted by Gasteiger charge is -2.16. The van der Waals surface area contributed by atoms with E-state index < -0.39 is 33.7 Å². The number of hydrogen-bond acceptors (Lipinski definition) is 4. The van der Waals surface area contributed by atoms with E-state index in [0.29, 0.717) is 11.3 Å². The second kappa shape index (κ2) is 8.51. The van der Waals surface area contributed by atoms with Crippen LogP contribution < -0.4 is 15.4 Å². The number of carbonyl (C=O) groups excluding carboxylic acids is 1. The second-order valence-electron chi connectivity index (χ2n) is 6.22. The van der Waals surface area contributed by atoms with E-state index in [1.807, 2.05) is 0 Å². The number of halogens is 3. The van der Waals surface area contributed by atoms with Crippen LogP contribution in [0.2, 0.25) is 0 Å². The Morgan fingerprint density at radius 1 is 1.07 bits per heavy atom. The molecule has 2 aromatic rings. The van der Waals surface area contributed by atoms with Crippen molar-refractivity contribution in [3.8, 4) is 0 Å². The zero-order valence-corrected chi connectivity index (χ0v) is 16.0. The van der Waals surface area contributed by atoms with E-state index in [0.717, 1.165) is 18.4 Å². The number of carbonyl (C=O) groups is 1. The van der Waals surface area contributed by atoms with Crippen LogP contribution in [0.15, 0.2) is 48.5 Å². The first kappa shape index (κ1) is 21.5. The molecule has 1 unspecified atom stereocenters. The maximum atomic E-state index is 12.7. The SMILES string of the molecule is CC(NC(=O)CNc1cccc(C(F)(F)F)c1)c1cccc(NS(C)(=O)=O)c1. The molecular formula is C18H20F3N3O3S. The average Bonchev–Trinajstić information content (AvgIpc) is 2.58. The maximum Gasteiger partial charge on any atom is 0.416 e. The molecule has 0 saturated heterocycles. The minimum atomic E-state index is -4.46. The molecule has 2 rings (SSSR count). The van der Waals surface area contributed by atoms with Crippen molar-refractivity contribution in [3.05, 3.63) is 59.7 Å². The number of hydrogen-bond donors (Lipinski definition) is 3. The van der Waals surface area contributed by atoms with Crippen molar-refractivity contribution in [1.82, 2.24) is 5.32 Å². The molecule has 28 heavy (non-hydrogen) atoms. The van der Waals surface area contributed by atoms with Crippen LogP contribution in [0.1, 0.15) is 24.1 Å². The van der Waals surface area contributed by atoms with Crippen LogP contribution in [-0.4, -0.2) is 27.1 Å². The molecule has 0 aliphatic rings. The standard InChI is InChI=1S/C18H20F3N3O3S/c1-12(13-5-3-8-16(9-13)24-28(2,26)27)23-17(25)11-22-15-7-4-6-14(10-15)18(19,20)21/h3-10,12,22,24H,11H2,1-2H3,(H,23,25). The molecule has 0 saturated carbocycles. The van der Waals surface area contributed by atoms with E-state index in [-0.39, 0.29) is 12.2 Å². The number of rotatable bonds is 7. The Hall–Kier alpha value is -2.75. The second-order valence-corrected chi connectivity index (χ2v) is 7.97. The summed E-state index contributed by atoms with van der Waals surface area (Å²) in [6, 6.07) is 10.7. The smallest absolute Gasteiger partial charge is 0.376 e. The first-order chi connectivity index (χ1) is 12.9. The highest BCUT2D eigenvalue weighted by atomic mass is 32.2. The van der Waals surface area contributed by atoms with Crippen molar-refractivity contribution in [2.45, 2.75) is 19.1 Å². The zero-order chi connectivity index (χ0) is 20.9. The number of anilines is 2. The summed E-state index contributed by atoms with van der Waals surface area (Å²) in [5.74, 6) is -0.425. The van der Waals surface area contributed by atoms with Gasteiger partial charge in [0.1, 0.15) is 0 Å². The van der Waals surface area contributed by atoms with Gasteiger partial charge in [-0.1, -0.05) is 18.2 Å². The van der Waals surface area contributed by atoms with Crippen LogP contribution in [0.4, 0.5) is 24.5 Å². The molecule has 152 valence electrons. The quantitative estimate of drug-likeness (QED) is 0.647. The summed E-state index contributed by atoms with van der Waals surface area (Å²) in [6.07, 6.45) is -3.43. The lowest BCUT2D eigenvalue weighted by Crippen LogP contribution is -2.32. The van der Waals surface area contributed by atoms with E-state index in [9.17, 15) is 26.4 Å². The van der Waals surface area contributed by atoms with Crippen molar-refractivity contribution >= 4 is 27.3 Å². The summed E-state index contributed by atoms with van der Waals surface area (Å²) in [7, 11) is -3.42. The summed E-state index contributed by atoms with van der Waals surface area (Å²) in [5, 5.41) is 5.35. The third-order valence-electron chi connectivity index (χ3n) is 3.71. The number of sulfonamides is 1. The van der Waals surface area contributed by atoms with Crippen molar-refractivity contribution in [2.75, 3.05) is 22.8 Å². The normalized spacial score (nSPS) is 12.9. The van der Waals surface area contributed by atoms with Crippen LogP contribution in [0, 0.1) is 0 Å². The fourth-order valence-electron chi connectivity index (χ4n) is 2.45. The van der Waals surface area contributed by atoms with Gasteiger partial charge in [-0.25, -0.2) is 8.42 Å². The third kappa shape index (κ3) is 6.76. The fraction of sp³-hybridized carbons (Fsp3) is 0.278. The Kier molecular flexibility index (Phi) is 6.55. The Bertz CT molecular complexity index is 946. The molecule has 0 aliphatic heterocycles. The molecule has 1 amide bonds. The predicted molar refractivity (Wildman–Crippen MR) is 101 cm³/mol. The number of amides is 1. The van der Waals surface area contributed by atoms with Crippen LogP contribution in [-0.2, 0) is 21.0 Å². The van der Waals surface area contributed by atoms with Crippen molar-refractivity contribution in [2.24, 2.45) is 0 Å². The molecule has 10 heteroatoms. The summed E-state index contributed by atoms with van der Waals surface area (Å²) < 4.78 is 63.1. The van der Waals surface area contributed by atoms with Gasteiger partial charge in [-0.2, -0.15) is 13.2 Å². The molecule has 0 fully saturated rings. The summed E-state index contributed by atoms with van der Waals surface area (Å²) in [6.45, 7) is 1.49. The largest absolute Gasteiger partial charge is 0.416 e. The summed E-state index contributed by atoms with van der Waals surface area (Å²) in [4.78, 5) is 12.1. The molecule has 0 radical (unpaired) electrons. The molecule has 6 nitrogen and oxygen atoms in total. The van der Waals surface area contributed by atoms with Gasteiger partial charge in [0.05, 0.1) is 24.4 Å². The maximum absolute atomic E-state index is 12.7. The molecule has 2 aromatic carbocycles. The monoisotopic (exact) mass is 415 g/mol. The van der Waals surface area contributed by atoms with E-state index in [2.05, 4.69) is 15.4 Å². The van der Waals surface area contributed by atoms with Gasteiger partial charge in [0, 0.05) is 11.4 Å². The molecule has 1 atom stereocenters. The highest BCUT2D eigenvalue weighted by Gasteiger charge is 2.30. The van der Waals surface area contributed by atoms with Gasteiger partial charge in [0.2, 0.25) is 15.9 Å². The lowest BCUT2D eigenvalue weighted by molar-refractivity contribution is -0.137. The molecular weight excluding hydrogens is 395 g/mol. The highest BCUT2D eigenvalue weighted by Crippen LogP contribution is 2.30. The molecule has 3 N–H and O–H groups in total. The summed E-state index contributed by atoms with van der Waals surface area (Å²) >= 11 is 0. The zero-order valence-electron chi connectivity index (χ0n) is 15.2. The van der Waals surface area contributed by atoms with Gasteiger partial charge in [-0.05, 0) is 42.8 Å². The van der Waals surface area contributed by atoms with Crippen LogP contribution in [0.3, 0.4) is 0 Å². The Balaban J connectivity index is 1.95. The van der Waals surface area contributed by atoms with Gasteiger partial charge in [0.15, 0.2) is 0 Å². The van der Waals surface area contributed by atoms with Crippen molar-refractivity contribution in [3.63, 3.8) is 0 Å². The molecule has 0 aliphatic carbocycles. The minimum absolute atomic E-state index is 0.178. The molecule has 0 bridgehead atoms. The summed E-state index contributed by atoms with van der Waals surface area (Å²) in [5.41, 5.74) is 0.405. The minimum Gasteiger partial charge on any atom is -0.376 e. The topological polar surface area (TPSA) is 87.3 Å². The number of nitrogens with one attached hydrogen (secondary N) is 3. The molecule has 0 aromatic heterocycles. The van der Waals surface area contributed by atoms with Crippen molar-refractivity contribution < 1.29 is 26.4 Å². The van der Waals surface area contributed by atoms with Gasteiger partial charge in [-0.15, -0.1) is 0 Å². The molecule has 0 heterocycles. The fourth-order valence-corrected chi connectivity index (χ4v) is 3.00. The molecule has 0 spiro atoms. The average molecular weight is 415 g/mol. The first-order valence-electron chi connectivity index (χ1n) is 8.22. The van der Waals surface area contributed by atoms with Crippen LogP contribution >= 0.6 is 0 Å². The van der Waals surface area contributed by atoms with Crippen LogP contribution in [0.25, 0.3) is 0 Å².